The fourth-order valence-corrected chi connectivity index (χ4v) is 3.09. The van der Waals surface area contributed by atoms with Crippen LogP contribution < -0.4 is 4.74 Å². The number of benzene rings is 2. The van der Waals surface area contributed by atoms with Crippen molar-refractivity contribution in [1.29, 1.82) is 5.26 Å². The third-order valence-corrected chi connectivity index (χ3v) is 4.28. The summed E-state index contributed by atoms with van der Waals surface area (Å²) in [4.78, 5) is 12.7. The highest BCUT2D eigenvalue weighted by Crippen LogP contribution is 2.48. The topological polar surface area (TPSA) is 59.3 Å². The molecule has 0 bridgehead atoms. The van der Waals surface area contributed by atoms with Crippen molar-refractivity contribution >= 4 is 5.97 Å². The molecule has 0 N–H and O–H groups in total. The number of hydrogen-bond donors (Lipinski definition) is 0. The van der Waals surface area contributed by atoms with Gasteiger partial charge in [0.15, 0.2) is 0 Å². The number of hydrogen-bond acceptors (Lipinski definition) is 4. The SMILES string of the molecule is CCOC(=O)[C@H]1c2ccccc2Oc2cccc(C(C)(C)C#N)c21. The van der Waals surface area contributed by atoms with Gasteiger partial charge in [-0.25, -0.2) is 0 Å². The maximum atomic E-state index is 12.7. The molecular weight excluding hydrogens is 302 g/mol. The van der Waals surface area contributed by atoms with E-state index in [1.165, 1.54) is 0 Å². The predicted molar refractivity (Wildman–Crippen MR) is 90.1 cm³/mol. The van der Waals surface area contributed by atoms with Gasteiger partial charge in [0.05, 0.1) is 18.1 Å². The van der Waals surface area contributed by atoms with Crippen molar-refractivity contribution in [2.24, 2.45) is 0 Å². The van der Waals surface area contributed by atoms with Crippen LogP contribution in [0.1, 0.15) is 43.4 Å². The van der Waals surface area contributed by atoms with E-state index in [9.17, 15) is 10.1 Å². The molecule has 0 amide bonds. The van der Waals surface area contributed by atoms with Crippen LogP contribution in [0.25, 0.3) is 0 Å². The number of carbonyl (C=O) groups is 1. The minimum atomic E-state index is -0.744. The fraction of sp³-hybridized carbons (Fsp3) is 0.300. The number of ether oxygens (including phenoxy) is 2. The lowest BCUT2D eigenvalue weighted by Crippen LogP contribution is -2.26. The van der Waals surface area contributed by atoms with E-state index in [0.29, 0.717) is 18.1 Å². The average Bonchev–Trinajstić information content (AvgIpc) is 2.59. The van der Waals surface area contributed by atoms with Gasteiger partial charge in [-0.05, 0) is 38.5 Å². The van der Waals surface area contributed by atoms with Gasteiger partial charge in [-0.1, -0.05) is 30.3 Å². The van der Waals surface area contributed by atoms with Crippen molar-refractivity contribution in [3.05, 3.63) is 59.2 Å². The van der Waals surface area contributed by atoms with Crippen LogP contribution in [0.3, 0.4) is 0 Å². The number of nitriles is 1. The Morgan fingerprint density at radius 1 is 1.21 bits per heavy atom. The number of esters is 1. The molecule has 1 heterocycles. The van der Waals surface area contributed by atoms with E-state index in [0.717, 1.165) is 16.7 Å². The molecule has 4 nitrogen and oxygen atoms in total. The summed E-state index contributed by atoms with van der Waals surface area (Å²) in [6, 6.07) is 15.3. The maximum absolute atomic E-state index is 12.7. The van der Waals surface area contributed by atoms with Gasteiger partial charge < -0.3 is 9.47 Å². The monoisotopic (exact) mass is 321 g/mol. The van der Waals surface area contributed by atoms with Crippen molar-refractivity contribution in [2.45, 2.75) is 32.1 Å². The second-order valence-electron chi connectivity index (χ2n) is 6.28. The highest BCUT2D eigenvalue weighted by molar-refractivity contribution is 5.86. The summed E-state index contributed by atoms with van der Waals surface area (Å²) in [6.07, 6.45) is 0. The van der Waals surface area contributed by atoms with Gasteiger partial charge in [-0.2, -0.15) is 5.26 Å². The van der Waals surface area contributed by atoms with Crippen LogP contribution in [-0.4, -0.2) is 12.6 Å². The molecule has 0 saturated carbocycles. The van der Waals surface area contributed by atoms with Crippen LogP contribution in [0.15, 0.2) is 42.5 Å². The molecule has 2 aromatic rings. The van der Waals surface area contributed by atoms with E-state index in [-0.39, 0.29) is 5.97 Å². The molecule has 1 aliphatic rings. The highest BCUT2D eigenvalue weighted by Gasteiger charge is 2.38. The average molecular weight is 321 g/mol. The van der Waals surface area contributed by atoms with Gasteiger partial charge in [-0.15, -0.1) is 0 Å². The molecule has 122 valence electrons. The minimum Gasteiger partial charge on any atom is -0.465 e. The molecule has 0 fully saturated rings. The molecular formula is C20H19NO3. The number of carbonyl (C=O) groups excluding carboxylic acids is 1. The molecule has 2 aromatic carbocycles. The van der Waals surface area contributed by atoms with Gasteiger partial charge in [0.1, 0.15) is 17.4 Å². The van der Waals surface area contributed by atoms with Crippen LogP contribution in [0, 0.1) is 11.3 Å². The van der Waals surface area contributed by atoms with E-state index >= 15 is 0 Å². The zero-order valence-corrected chi connectivity index (χ0v) is 14.0. The molecule has 0 unspecified atom stereocenters. The Kier molecular flexibility index (Phi) is 4.02. The molecule has 4 heteroatoms. The zero-order valence-electron chi connectivity index (χ0n) is 14.0. The van der Waals surface area contributed by atoms with Crippen LogP contribution in [-0.2, 0) is 14.9 Å². The summed E-state index contributed by atoms with van der Waals surface area (Å²) >= 11 is 0. The quantitative estimate of drug-likeness (QED) is 0.791. The fourth-order valence-electron chi connectivity index (χ4n) is 3.09. The normalized spacial score (nSPS) is 15.5. The molecule has 0 aromatic heterocycles. The van der Waals surface area contributed by atoms with E-state index in [2.05, 4.69) is 6.07 Å². The van der Waals surface area contributed by atoms with Gasteiger partial charge >= 0.3 is 5.97 Å². The van der Waals surface area contributed by atoms with Gasteiger partial charge in [-0.3, -0.25) is 4.79 Å². The van der Waals surface area contributed by atoms with E-state index < -0.39 is 11.3 Å². The van der Waals surface area contributed by atoms with Crippen LogP contribution in [0.5, 0.6) is 11.5 Å². The van der Waals surface area contributed by atoms with Gasteiger partial charge in [0, 0.05) is 11.1 Å². The number of rotatable bonds is 3. The molecule has 24 heavy (non-hydrogen) atoms. The molecule has 3 rings (SSSR count). The van der Waals surface area contributed by atoms with Crippen LogP contribution in [0.2, 0.25) is 0 Å². The molecule has 0 spiro atoms. The Morgan fingerprint density at radius 3 is 2.62 bits per heavy atom. The van der Waals surface area contributed by atoms with Gasteiger partial charge in [0.2, 0.25) is 0 Å². The van der Waals surface area contributed by atoms with E-state index in [1.54, 1.807) is 6.92 Å². The largest absolute Gasteiger partial charge is 0.465 e. The first-order valence-electron chi connectivity index (χ1n) is 7.97. The molecule has 0 radical (unpaired) electrons. The van der Waals surface area contributed by atoms with Crippen LogP contribution >= 0.6 is 0 Å². The molecule has 0 aliphatic carbocycles. The van der Waals surface area contributed by atoms with Crippen molar-refractivity contribution in [1.82, 2.24) is 0 Å². The summed E-state index contributed by atoms with van der Waals surface area (Å²) in [5, 5.41) is 9.57. The lowest BCUT2D eigenvalue weighted by Gasteiger charge is -2.31. The summed E-state index contributed by atoms with van der Waals surface area (Å²) in [7, 11) is 0. The van der Waals surface area contributed by atoms with Crippen molar-refractivity contribution in [2.75, 3.05) is 6.61 Å². The standard InChI is InChI=1S/C20H19NO3/c1-4-23-19(22)17-13-8-5-6-10-15(13)24-16-11-7-9-14(18(16)17)20(2,3)12-21/h5-11,17H,4H2,1-3H3/t17-/m0/s1. The minimum absolute atomic E-state index is 0.303. The lowest BCUT2D eigenvalue weighted by atomic mass is 9.76. The van der Waals surface area contributed by atoms with E-state index in [4.69, 9.17) is 9.47 Å². The Labute approximate surface area is 141 Å². The number of fused-ring (bicyclic) bond motifs is 2. The van der Waals surface area contributed by atoms with Crippen LogP contribution in [0.4, 0.5) is 0 Å². The van der Waals surface area contributed by atoms with Crippen molar-refractivity contribution in [3.8, 4) is 17.6 Å². The Balaban J connectivity index is 2.27. The van der Waals surface area contributed by atoms with Crippen molar-refractivity contribution in [3.63, 3.8) is 0 Å². The maximum Gasteiger partial charge on any atom is 0.318 e. The third kappa shape index (κ3) is 2.52. The van der Waals surface area contributed by atoms with E-state index in [1.807, 2.05) is 56.3 Å². The second-order valence-corrected chi connectivity index (χ2v) is 6.28. The summed E-state index contributed by atoms with van der Waals surface area (Å²) in [6.45, 7) is 5.77. The highest BCUT2D eigenvalue weighted by atomic mass is 16.5. The Bertz CT molecular complexity index is 833. The predicted octanol–water partition coefficient (Wildman–Crippen LogP) is 4.29. The Hall–Kier alpha value is -2.80. The zero-order chi connectivity index (χ0) is 17.3. The first-order chi connectivity index (χ1) is 11.5. The van der Waals surface area contributed by atoms with Crippen molar-refractivity contribution < 1.29 is 14.3 Å². The molecule has 1 atom stereocenters. The smallest absolute Gasteiger partial charge is 0.318 e. The summed E-state index contributed by atoms with van der Waals surface area (Å²) in [5.74, 6) is 0.340. The first-order valence-corrected chi connectivity index (χ1v) is 7.97. The molecule has 1 aliphatic heterocycles. The summed E-state index contributed by atoms with van der Waals surface area (Å²) < 4.78 is 11.3. The lowest BCUT2D eigenvalue weighted by molar-refractivity contribution is -0.144. The first kappa shape index (κ1) is 16.1. The number of nitrogens with zero attached hydrogens (tertiary/aromatic N) is 1. The third-order valence-electron chi connectivity index (χ3n) is 4.28. The molecule has 0 saturated heterocycles. The second kappa shape index (κ2) is 6.01. The Morgan fingerprint density at radius 2 is 1.92 bits per heavy atom. The number of para-hydroxylation sites is 1. The van der Waals surface area contributed by atoms with Gasteiger partial charge in [0.25, 0.3) is 0 Å². The summed E-state index contributed by atoms with van der Waals surface area (Å²) in [5.41, 5.74) is 1.53.